The molecule has 0 bridgehead atoms. The van der Waals surface area contributed by atoms with Crippen molar-refractivity contribution < 1.29 is 13.2 Å². The molecule has 0 saturated carbocycles. The van der Waals surface area contributed by atoms with Gasteiger partial charge >= 0.3 is 0 Å². The Morgan fingerprint density at radius 1 is 1.10 bits per heavy atom. The van der Waals surface area contributed by atoms with Gasteiger partial charge in [0, 0.05) is 23.2 Å². The quantitative estimate of drug-likeness (QED) is 0.441. The van der Waals surface area contributed by atoms with E-state index in [2.05, 4.69) is 45.2 Å². The molecule has 29 heavy (non-hydrogen) atoms. The molecule has 0 aliphatic rings. The normalized spacial score (nSPS) is 11.4. The van der Waals surface area contributed by atoms with E-state index in [4.69, 9.17) is 0 Å². The van der Waals surface area contributed by atoms with E-state index in [1.807, 2.05) is 24.3 Å². The lowest BCUT2D eigenvalue weighted by Crippen LogP contribution is -2.39. The van der Waals surface area contributed by atoms with Crippen LogP contribution in [0.25, 0.3) is 0 Å². The predicted octanol–water partition coefficient (Wildman–Crippen LogP) is 3.21. The first kappa shape index (κ1) is 22.9. The van der Waals surface area contributed by atoms with E-state index >= 15 is 0 Å². The van der Waals surface area contributed by atoms with E-state index in [-0.39, 0.29) is 6.54 Å². The van der Waals surface area contributed by atoms with Crippen LogP contribution in [0.15, 0.2) is 58.1 Å². The molecule has 1 N–H and O–H groups in total. The maximum absolute atomic E-state index is 12.2. The standard InChI is InChI=1S/C20H25BrN4O3S/c1-4-24(5-2)17-12-10-16(11-13-17)14-22-23-20(26)15-25(29(3,27)28)19-9-7-6-8-18(19)21/h6-14H,4-5,15H2,1-3H3,(H,23,26). The molecule has 0 saturated heterocycles. The predicted molar refractivity (Wildman–Crippen MR) is 122 cm³/mol. The maximum Gasteiger partial charge on any atom is 0.260 e. The van der Waals surface area contributed by atoms with E-state index in [0.29, 0.717) is 10.2 Å². The second-order valence-corrected chi connectivity index (χ2v) is 9.04. The summed E-state index contributed by atoms with van der Waals surface area (Å²) in [6.45, 7) is 5.67. The zero-order valence-electron chi connectivity index (χ0n) is 16.7. The minimum Gasteiger partial charge on any atom is -0.372 e. The monoisotopic (exact) mass is 480 g/mol. The highest BCUT2D eigenvalue weighted by Gasteiger charge is 2.22. The Morgan fingerprint density at radius 2 is 1.72 bits per heavy atom. The Morgan fingerprint density at radius 3 is 2.28 bits per heavy atom. The van der Waals surface area contributed by atoms with Crippen molar-refractivity contribution in [3.63, 3.8) is 0 Å². The number of carbonyl (C=O) groups is 1. The minimum atomic E-state index is -3.64. The Kier molecular flexibility index (Phi) is 8.21. The minimum absolute atomic E-state index is 0.375. The molecule has 0 atom stereocenters. The molecule has 1 amide bonds. The number of carbonyl (C=O) groups excluding carboxylic acids is 1. The second-order valence-electron chi connectivity index (χ2n) is 6.28. The fourth-order valence-electron chi connectivity index (χ4n) is 2.74. The molecule has 156 valence electrons. The van der Waals surface area contributed by atoms with Crippen LogP contribution in [0.5, 0.6) is 0 Å². The van der Waals surface area contributed by atoms with Crippen LogP contribution < -0.4 is 14.6 Å². The van der Waals surface area contributed by atoms with Crippen LogP contribution in [0.1, 0.15) is 19.4 Å². The first-order valence-electron chi connectivity index (χ1n) is 9.15. The van der Waals surface area contributed by atoms with Crippen LogP contribution in [0.4, 0.5) is 11.4 Å². The van der Waals surface area contributed by atoms with Gasteiger partial charge in [-0.1, -0.05) is 24.3 Å². The lowest BCUT2D eigenvalue weighted by Gasteiger charge is -2.22. The van der Waals surface area contributed by atoms with Gasteiger partial charge in [-0.3, -0.25) is 9.10 Å². The number of nitrogens with one attached hydrogen (secondary N) is 1. The van der Waals surface area contributed by atoms with Crippen LogP contribution in [0.3, 0.4) is 0 Å². The number of rotatable bonds is 9. The van der Waals surface area contributed by atoms with E-state index in [1.54, 1.807) is 24.3 Å². The zero-order valence-corrected chi connectivity index (χ0v) is 19.1. The summed E-state index contributed by atoms with van der Waals surface area (Å²) in [4.78, 5) is 14.5. The third kappa shape index (κ3) is 6.57. The number of hydrazone groups is 1. The van der Waals surface area contributed by atoms with Crippen molar-refractivity contribution in [2.75, 3.05) is 35.1 Å². The van der Waals surface area contributed by atoms with Crippen molar-refractivity contribution in [2.45, 2.75) is 13.8 Å². The SMILES string of the molecule is CCN(CC)c1ccc(C=NNC(=O)CN(c2ccccc2Br)S(C)(=O)=O)cc1. The first-order valence-corrected chi connectivity index (χ1v) is 11.8. The van der Waals surface area contributed by atoms with Gasteiger partial charge in [-0.25, -0.2) is 13.8 Å². The highest BCUT2D eigenvalue weighted by molar-refractivity contribution is 9.10. The van der Waals surface area contributed by atoms with Crippen LogP contribution >= 0.6 is 15.9 Å². The van der Waals surface area contributed by atoms with Gasteiger partial charge in [0.25, 0.3) is 5.91 Å². The largest absolute Gasteiger partial charge is 0.372 e. The molecule has 2 aromatic rings. The molecule has 7 nitrogen and oxygen atoms in total. The number of benzene rings is 2. The smallest absolute Gasteiger partial charge is 0.260 e. The summed E-state index contributed by atoms with van der Waals surface area (Å²) in [6.07, 6.45) is 2.58. The Bertz CT molecular complexity index is 958. The van der Waals surface area contributed by atoms with Crippen LogP contribution in [0, 0.1) is 0 Å². The van der Waals surface area contributed by atoms with Crippen molar-refractivity contribution in [1.29, 1.82) is 0 Å². The van der Waals surface area contributed by atoms with Crippen LogP contribution in [-0.2, 0) is 14.8 Å². The van der Waals surface area contributed by atoms with E-state index in [0.717, 1.165) is 34.9 Å². The van der Waals surface area contributed by atoms with Gasteiger partial charge in [0.05, 0.1) is 18.2 Å². The molecule has 0 fully saturated rings. The number of para-hydroxylation sites is 1. The number of halogens is 1. The molecule has 0 unspecified atom stereocenters. The molecule has 0 aliphatic heterocycles. The number of hydrogen-bond acceptors (Lipinski definition) is 5. The van der Waals surface area contributed by atoms with Gasteiger partial charge < -0.3 is 4.90 Å². The fourth-order valence-corrected chi connectivity index (χ4v) is 4.22. The van der Waals surface area contributed by atoms with E-state index < -0.39 is 15.9 Å². The molecular formula is C20H25BrN4O3S. The zero-order chi connectivity index (χ0) is 21.4. The number of anilines is 2. The summed E-state index contributed by atoms with van der Waals surface area (Å²) >= 11 is 3.32. The molecule has 0 heterocycles. The summed E-state index contributed by atoms with van der Waals surface area (Å²) < 4.78 is 25.9. The Hall–Kier alpha value is -2.39. The van der Waals surface area contributed by atoms with Crippen molar-refractivity contribution in [3.8, 4) is 0 Å². The summed E-state index contributed by atoms with van der Waals surface area (Å²) in [5.41, 5.74) is 4.72. The van der Waals surface area contributed by atoms with E-state index in [1.165, 1.54) is 6.21 Å². The molecule has 0 aliphatic carbocycles. The molecule has 9 heteroatoms. The maximum atomic E-state index is 12.2. The van der Waals surface area contributed by atoms with Gasteiger partial charge in [0.1, 0.15) is 6.54 Å². The molecular weight excluding hydrogens is 456 g/mol. The van der Waals surface area contributed by atoms with Gasteiger partial charge in [-0.2, -0.15) is 5.10 Å². The summed E-state index contributed by atoms with van der Waals surface area (Å²) in [7, 11) is -3.64. The number of nitrogens with zero attached hydrogens (tertiary/aromatic N) is 3. The van der Waals surface area contributed by atoms with Gasteiger partial charge in [-0.15, -0.1) is 0 Å². The average Bonchev–Trinajstić information content (AvgIpc) is 2.68. The molecule has 2 rings (SSSR count). The third-order valence-corrected chi connectivity index (χ3v) is 6.03. The Labute approximate surface area is 180 Å². The second kappa shape index (κ2) is 10.4. The molecule has 0 aromatic heterocycles. The van der Waals surface area contributed by atoms with Crippen molar-refractivity contribution in [1.82, 2.24) is 5.43 Å². The third-order valence-electron chi connectivity index (χ3n) is 4.23. The van der Waals surface area contributed by atoms with Crippen LogP contribution in [0.2, 0.25) is 0 Å². The number of hydrogen-bond donors (Lipinski definition) is 1. The summed E-state index contributed by atoms with van der Waals surface area (Å²) in [5, 5.41) is 3.94. The molecule has 2 aromatic carbocycles. The van der Waals surface area contributed by atoms with Gasteiger partial charge in [0.2, 0.25) is 10.0 Å². The van der Waals surface area contributed by atoms with Gasteiger partial charge in [0.15, 0.2) is 0 Å². The summed E-state index contributed by atoms with van der Waals surface area (Å²) in [5.74, 6) is -0.540. The topological polar surface area (TPSA) is 82.1 Å². The molecule has 0 spiro atoms. The van der Waals surface area contributed by atoms with Crippen molar-refractivity contribution in [2.24, 2.45) is 5.10 Å². The lowest BCUT2D eigenvalue weighted by molar-refractivity contribution is -0.119. The van der Waals surface area contributed by atoms with E-state index in [9.17, 15) is 13.2 Å². The average molecular weight is 481 g/mol. The van der Waals surface area contributed by atoms with Crippen molar-refractivity contribution in [3.05, 3.63) is 58.6 Å². The highest BCUT2D eigenvalue weighted by atomic mass is 79.9. The number of amides is 1. The fraction of sp³-hybridized carbons (Fsp3) is 0.300. The van der Waals surface area contributed by atoms with Crippen molar-refractivity contribution >= 4 is 49.4 Å². The summed E-state index contributed by atoms with van der Waals surface area (Å²) in [6, 6.07) is 14.6. The van der Waals surface area contributed by atoms with Crippen LogP contribution in [-0.4, -0.2) is 46.4 Å². The van der Waals surface area contributed by atoms with Gasteiger partial charge in [-0.05, 0) is 59.6 Å². The first-order chi connectivity index (χ1) is 13.8. The number of sulfonamides is 1. The highest BCUT2D eigenvalue weighted by Crippen LogP contribution is 2.27. The molecule has 0 radical (unpaired) electrons. The Balaban J connectivity index is 2.03. The lowest BCUT2D eigenvalue weighted by atomic mass is 10.2.